The molecule has 2 aromatic carbocycles. The van der Waals surface area contributed by atoms with E-state index in [0.717, 1.165) is 11.1 Å². The van der Waals surface area contributed by atoms with Crippen LogP contribution in [0.3, 0.4) is 0 Å². The molecule has 3 N–H and O–H groups in total. The van der Waals surface area contributed by atoms with Crippen LogP contribution >= 0.6 is 0 Å². The van der Waals surface area contributed by atoms with E-state index in [9.17, 15) is 14.4 Å². The minimum atomic E-state index is -0.669. The lowest BCUT2D eigenvalue weighted by Gasteiger charge is -2.24. The SMILES string of the molecule is CCCC(=O)N(Cc1ccccc1)c1c(N)n(Cc2ccccc2)c(=O)[nH]c1=O. The van der Waals surface area contributed by atoms with Crippen LogP contribution in [0.5, 0.6) is 0 Å². The fourth-order valence-electron chi connectivity index (χ4n) is 3.17. The number of aromatic amines is 1. The number of nitrogens with one attached hydrogen (secondary N) is 1. The van der Waals surface area contributed by atoms with Gasteiger partial charge in [0, 0.05) is 6.42 Å². The number of anilines is 2. The van der Waals surface area contributed by atoms with Crippen molar-refractivity contribution in [1.29, 1.82) is 0 Å². The summed E-state index contributed by atoms with van der Waals surface area (Å²) in [7, 11) is 0. The van der Waals surface area contributed by atoms with Crippen LogP contribution in [-0.4, -0.2) is 15.5 Å². The van der Waals surface area contributed by atoms with Gasteiger partial charge in [-0.15, -0.1) is 0 Å². The zero-order valence-electron chi connectivity index (χ0n) is 16.3. The van der Waals surface area contributed by atoms with E-state index in [1.54, 1.807) is 0 Å². The fraction of sp³-hybridized carbons (Fsp3) is 0.227. The molecule has 0 unspecified atom stereocenters. The van der Waals surface area contributed by atoms with Gasteiger partial charge in [-0.25, -0.2) is 4.79 Å². The number of carbonyl (C=O) groups is 1. The van der Waals surface area contributed by atoms with E-state index in [1.807, 2.05) is 67.6 Å². The van der Waals surface area contributed by atoms with Crippen LogP contribution in [0.15, 0.2) is 70.3 Å². The summed E-state index contributed by atoms with van der Waals surface area (Å²) in [4.78, 5) is 41.6. The summed E-state index contributed by atoms with van der Waals surface area (Å²) in [5.41, 5.74) is 6.71. The van der Waals surface area contributed by atoms with E-state index < -0.39 is 11.2 Å². The van der Waals surface area contributed by atoms with Gasteiger partial charge in [0.15, 0.2) is 5.69 Å². The molecule has 1 heterocycles. The first-order chi connectivity index (χ1) is 14.0. The summed E-state index contributed by atoms with van der Waals surface area (Å²) < 4.78 is 1.28. The van der Waals surface area contributed by atoms with Crippen molar-refractivity contribution in [3.63, 3.8) is 0 Å². The van der Waals surface area contributed by atoms with Gasteiger partial charge < -0.3 is 10.6 Å². The van der Waals surface area contributed by atoms with E-state index in [0.29, 0.717) is 6.42 Å². The second kappa shape index (κ2) is 9.05. The quantitative estimate of drug-likeness (QED) is 0.645. The van der Waals surface area contributed by atoms with Gasteiger partial charge in [-0.3, -0.25) is 19.1 Å². The highest BCUT2D eigenvalue weighted by Crippen LogP contribution is 2.21. The summed E-state index contributed by atoms with van der Waals surface area (Å²) in [6.07, 6.45) is 0.898. The van der Waals surface area contributed by atoms with E-state index in [-0.39, 0.29) is 36.9 Å². The average molecular weight is 392 g/mol. The standard InChI is InChI=1S/C22H24N4O3/c1-2-9-18(27)25(14-16-10-5-3-6-11-16)19-20(23)26(22(29)24-21(19)28)15-17-12-7-4-8-13-17/h3-8,10-13H,2,9,14-15,23H2,1H3,(H,24,28,29). The Morgan fingerprint density at radius 1 is 1.00 bits per heavy atom. The largest absolute Gasteiger partial charge is 0.383 e. The molecular formula is C22H24N4O3. The molecule has 7 nitrogen and oxygen atoms in total. The van der Waals surface area contributed by atoms with Crippen LogP contribution in [0.4, 0.5) is 11.5 Å². The number of nitrogens with two attached hydrogens (primary N) is 1. The smallest absolute Gasteiger partial charge is 0.330 e. The van der Waals surface area contributed by atoms with E-state index in [4.69, 9.17) is 5.73 Å². The summed E-state index contributed by atoms with van der Waals surface area (Å²) in [5.74, 6) is -0.249. The second-order valence-electron chi connectivity index (χ2n) is 6.78. The molecule has 1 amide bonds. The zero-order chi connectivity index (χ0) is 20.8. The predicted molar refractivity (Wildman–Crippen MR) is 114 cm³/mol. The molecule has 0 aliphatic rings. The molecule has 0 spiro atoms. The lowest BCUT2D eigenvalue weighted by molar-refractivity contribution is -0.118. The Morgan fingerprint density at radius 2 is 1.59 bits per heavy atom. The third kappa shape index (κ3) is 4.63. The molecule has 0 aliphatic carbocycles. The number of aromatic nitrogens is 2. The fourth-order valence-corrected chi connectivity index (χ4v) is 3.17. The van der Waals surface area contributed by atoms with Crippen LogP contribution in [-0.2, 0) is 17.9 Å². The van der Waals surface area contributed by atoms with Crippen LogP contribution < -0.4 is 21.9 Å². The van der Waals surface area contributed by atoms with Crippen molar-refractivity contribution in [3.05, 3.63) is 92.6 Å². The number of H-pyrrole nitrogens is 1. The number of hydrogen-bond donors (Lipinski definition) is 2. The molecule has 1 aromatic heterocycles. The Balaban J connectivity index is 2.09. The molecular weight excluding hydrogens is 368 g/mol. The first-order valence-electron chi connectivity index (χ1n) is 9.52. The molecule has 150 valence electrons. The molecule has 3 aromatic rings. The highest BCUT2D eigenvalue weighted by molar-refractivity contribution is 5.95. The van der Waals surface area contributed by atoms with Crippen LogP contribution in [0.1, 0.15) is 30.9 Å². The molecule has 7 heteroatoms. The first-order valence-corrected chi connectivity index (χ1v) is 9.52. The predicted octanol–water partition coefficient (Wildman–Crippen LogP) is 2.50. The Bertz CT molecular complexity index is 1090. The Kier molecular flexibility index (Phi) is 6.29. The van der Waals surface area contributed by atoms with Gasteiger partial charge in [-0.2, -0.15) is 0 Å². The molecule has 0 saturated heterocycles. The van der Waals surface area contributed by atoms with Crippen molar-refractivity contribution in [3.8, 4) is 0 Å². The number of benzene rings is 2. The monoisotopic (exact) mass is 392 g/mol. The van der Waals surface area contributed by atoms with Gasteiger partial charge in [0.05, 0.1) is 13.1 Å². The van der Waals surface area contributed by atoms with E-state index in [1.165, 1.54) is 9.47 Å². The Morgan fingerprint density at radius 3 is 2.17 bits per heavy atom. The molecule has 0 atom stereocenters. The van der Waals surface area contributed by atoms with Crippen molar-refractivity contribution in [2.24, 2.45) is 0 Å². The number of rotatable bonds is 7. The molecule has 0 radical (unpaired) electrons. The third-order valence-corrected chi connectivity index (χ3v) is 4.62. The van der Waals surface area contributed by atoms with Gasteiger partial charge in [-0.05, 0) is 17.5 Å². The number of nitrogen functional groups attached to an aromatic ring is 1. The highest BCUT2D eigenvalue weighted by atomic mass is 16.2. The van der Waals surface area contributed by atoms with E-state index in [2.05, 4.69) is 4.98 Å². The van der Waals surface area contributed by atoms with Crippen LogP contribution in [0.25, 0.3) is 0 Å². The lowest BCUT2D eigenvalue weighted by Crippen LogP contribution is -2.41. The van der Waals surface area contributed by atoms with Crippen molar-refractivity contribution < 1.29 is 4.79 Å². The molecule has 0 bridgehead atoms. The molecule has 0 aliphatic heterocycles. The summed E-state index contributed by atoms with van der Waals surface area (Å²) >= 11 is 0. The topological polar surface area (TPSA) is 101 Å². The Hall–Kier alpha value is -3.61. The third-order valence-electron chi connectivity index (χ3n) is 4.62. The second-order valence-corrected chi connectivity index (χ2v) is 6.78. The lowest BCUT2D eigenvalue weighted by atomic mass is 10.2. The summed E-state index contributed by atoms with van der Waals surface area (Å²) in [6.45, 7) is 2.27. The summed E-state index contributed by atoms with van der Waals surface area (Å²) in [6, 6.07) is 18.7. The van der Waals surface area contributed by atoms with Gasteiger partial charge in [-0.1, -0.05) is 67.6 Å². The van der Waals surface area contributed by atoms with Gasteiger partial charge in [0.25, 0.3) is 5.56 Å². The molecule has 29 heavy (non-hydrogen) atoms. The van der Waals surface area contributed by atoms with Gasteiger partial charge in [0.1, 0.15) is 5.82 Å². The molecule has 0 fully saturated rings. The van der Waals surface area contributed by atoms with Crippen molar-refractivity contribution in [2.75, 3.05) is 10.6 Å². The number of nitrogens with zero attached hydrogens (tertiary/aromatic N) is 2. The Labute approximate surface area is 168 Å². The highest BCUT2D eigenvalue weighted by Gasteiger charge is 2.24. The maximum Gasteiger partial charge on any atom is 0.330 e. The minimum absolute atomic E-state index is 0.00262. The number of hydrogen-bond acceptors (Lipinski definition) is 4. The van der Waals surface area contributed by atoms with Crippen molar-refractivity contribution in [1.82, 2.24) is 9.55 Å². The maximum absolute atomic E-state index is 12.8. The number of carbonyl (C=O) groups excluding carboxylic acids is 1. The number of amides is 1. The van der Waals surface area contributed by atoms with Crippen molar-refractivity contribution in [2.45, 2.75) is 32.9 Å². The molecule has 0 saturated carbocycles. The maximum atomic E-state index is 12.8. The van der Waals surface area contributed by atoms with Crippen LogP contribution in [0, 0.1) is 0 Å². The first kappa shape index (κ1) is 20.1. The van der Waals surface area contributed by atoms with Crippen LogP contribution in [0.2, 0.25) is 0 Å². The summed E-state index contributed by atoms with van der Waals surface area (Å²) in [5, 5.41) is 0. The van der Waals surface area contributed by atoms with Gasteiger partial charge >= 0.3 is 5.69 Å². The average Bonchev–Trinajstić information content (AvgIpc) is 2.72. The zero-order valence-corrected chi connectivity index (χ0v) is 16.3. The van der Waals surface area contributed by atoms with Gasteiger partial charge in [0.2, 0.25) is 5.91 Å². The molecule has 3 rings (SSSR count). The van der Waals surface area contributed by atoms with Crippen molar-refractivity contribution >= 4 is 17.4 Å². The minimum Gasteiger partial charge on any atom is -0.383 e. The normalized spacial score (nSPS) is 10.7. The van der Waals surface area contributed by atoms with E-state index >= 15 is 0 Å².